The highest BCUT2D eigenvalue weighted by molar-refractivity contribution is 5.79. The largest absolute Gasteiger partial charge is 0.387 e. The first-order chi connectivity index (χ1) is 7.27. The molecule has 2 rings (SSSR count). The van der Waals surface area contributed by atoms with Gasteiger partial charge in [0.15, 0.2) is 0 Å². The molecule has 15 heavy (non-hydrogen) atoms. The number of nitrogens with one attached hydrogen (secondary N) is 1. The Bertz CT molecular complexity index is 415. The van der Waals surface area contributed by atoms with Crippen LogP contribution in [0.5, 0.6) is 0 Å². The lowest BCUT2D eigenvalue weighted by atomic mass is 9.99. The Balaban J connectivity index is 2.38. The van der Waals surface area contributed by atoms with Crippen molar-refractivity contribution in [1.82, 2.24) is 5.32 Å². The monoisotopic (exact) mass is 201 g/mol. The van der Waals surface area contributed by atoms with Gasteiger partial charge in [-0.3, -0.25) is 0 Å². The van der Waals surface area contributed by atoms with E-state index < -0.39 is 0 Å². The van der Waals surface area contributed by atoms with Crippen molar-refractivity contribution in [2.24, 2.45) is 10.7 Å². The van der Waals surface area contributed by atoms with E-state index in [0.717, 1.165) is 18.7 Å². The average molecular weight is 201 g/mol. The molecule has 0 unspecified atom stereocenters. The van der Waals surface area contributed by atoms with Crippen LogP contribution in [0.1, 0.15) is 18.1 Å². The summed E-state index contributed by atoms with van der Waals surface area (Å²) in [7, 11) is 0. The number of fused-ring (bicyclic) bond motifs is 1. The summed E-state index contributed by atoms with van der Waals surface area (Å²) in [5, 5.41) is 3.33. The average Bonchev–Trinajstić information content (AvgIpc) is 2.26. The van der Waals surface area contributed by atoms with Gasteiger partial charge >= 0.3 is 0 Å². The van der Waals surface area contributed by atoms with Crippen molar-refractivity contribution in [3.8, 4) is 0 Å². The second-order valence-electron chi connectivity index (χ2n) is 3.65. The molecule has 3 heteroatoms. The van der Waals surface area contributed by atoms with Crippen LogP contribution in [-0.2, 0) is 6.42 Å². The summed E-state index contributed by atoms with van der Waals surface area (Å²) in [6.45, 7) is 2.74. The topological polar surface area (TPSA) is 50.4 Å². The molecular weight excluding hydrogens is 186 g/mol. The molecule has 0 saturated carbocycles. The molecule has 0 spiro atoms. The molecule has 0 amide bonds. The van der Waals surface area contributed by atoms with Gasteiger partial charge in [-0.05, 0) is 18.9 Å². The van der Waals surface area contributed by atoms with Crippen LogP contribution in [0.4, 0.5) is 0 Å². The van der Waals surface area contributed by atoms with Gasteiger partial charge in [0.25, 0.3) is 0 Å². The first-order valence-corrected chi connectivity index (χ1v) is 5.09. The van der Waals surface area contributed by atoms with E-state index in [1.54, 1.807) is 13.1 Å². The van der Waals surface area contributed by atoms with Gasteiger partial charge in [-0.25, -0.2) is 4.99 Å². The number of nitrogens with zero attached hydrogens (tertiary/aromatic N) is 1. The summed E-state index contributed by atoms with van der Waals surface area (Å²) in [6, 6.07) is 8.37. The zero-order valence-electron chi connectivity index (χ0n) is 8.83. The molecule has 0 fully saturated rings. The zero-order valence-corrected chi connectivity index (χ0v) is 8.83. The summed E-state index contributed by atoms with van der Waals surface area (Å²) in [4.78, 5) is 4.12. The maximum Gasteiger partial charge on any atom is 0.0958 e. The fourth-order valence-corrected chi connectivity index (χ4v) is 1.71. The molecule has 1 aromatic carbocycles. The minimum absolute atomic E-state index is 0.576. The molecule has 1 aliphatic heterocycles. The quantitative estimate of drug-likeness (QED) is 0.534. The number of rotatable bonds is 1. The second-order valence-corrected chi connectivity index (χ2v) is 3.65. The first-order valence-electron chi connectivity index (χ1n) is 5.09. The molecule has 1 aromatic rings. The van der Waals surface area contributed by atoms with E-state index in [1.165, 1.54) is 11.1 Å². The van der Waals surface area contributed by atoms with Crippen LogP contribution in [0.2, 0.25) is 0 Å². The highest BCUT2D eigenvalue weighted by Gasteiger charge is 2.11. The number of aliphatic imine (C=N–C) groups is 1. The van der Waals surface area contributed by atoms with E-state index in [4.69, 9.17) is 5.73 Å². The van der Waals surface area contributed by atoms with E-state index in [-0.39, 0.29) is 0 Å². The summed E-state index contributed by atoms with van der Waals surface area (Å²) in [5.41, 5.74) is 9.16. The predicted octanol–water partition coefficient (Wildman–Crippen LogP) is 1.51. The molecule has 0 radical (unpaired) electrons. The van der Waals surface area contributed by atoms with Gasteiger partial charge in [0, 0.05) is 12.1 Å². The van der Waals surface area contributed by atoms with Crippen LogP contribution < -0.4 is 11.1 Å². The number of benzene rings is 1. The van der Waals surface area contributed by atoms with Gasteiger partial charge in [-0.1, -0.05) is 24.3 Å². The van der Waals surface area contributed by atoms with Gasteiger partial charge in [-0.15, -0.1) is 0 Å². The molecule has 1 aliphatic rings. The van der Waals surface area contributed by atoms with E-state index >= 15 is 0 Å². The van der Waals surface area contributed by atoms with Gasteiger partial charge < -0.3 is 11.1 Å². The molecule has 0 saturated heterocycles. The third-order valence-corrected chi connectivity index (χ3v) is 2.41. The van der Waals surface area contributed by atoms with Gasteiger partial charge in [0.05, 0.1) is 17.7 Å². The number of hydrogen-bond donors (Lipinski definition) is 2. The van der Waals surface area contributed by atoms with Crippen LogP contribution in [0, 0.1) is 0 Å². The van der Waals surface area contributed by atoms with Crippen molar-refractivity contribution in [3.05, 3.63) is 41.6 Å². The summed E-state index contributed by atoms with van der Waals surface area (Å²) in [6.07, 6.45) is 2.87. The van der Waals surface area contributed by atoms with E-state index in [2.05, 4.69) is 28.5 Å². The molecular formula is C12H15N3. The van der Waals surface area contributed by atoms with Crippen LogP contribution in [0.3, 0.4) is 0 Å². The summed E-state index contributed by atoms with van der Waals surface area (Å²) < 4.78 is 0. The fraction of sp³-hybridized carbons (Fsp3) is 0.250. The van der Waals surface area contributed by atoms with Gasteiger partial charge in [-0.2, -0.15) is 0 Å². The molecule has 0 bridgehead atoms. The van der Waals surface area contributed by atoms with Gasteiger partial charge in [0.2, 0.25) is 0 Å². The Hall–Kier alpha value is -1.77. The SMILES string of the molecule is CC(N)=N/C=C1\NCCc2ccccc21. The highest BCUT2D eigenvalue weighted by Crippen LogP contribution is 2.21. The van der Waals surface area contributed by atoms with Crippen LogP contribution in [-0.4, -0.2) is 12.4 Å². The zero-order chi connectivity index (χ0) is 10.7. The standard InChI is InChI=1S/C12H15N3/c1-9(13)15-8-12-11-5-3-2-4-10(11)6-7-14-12/h2-5,8,14H,6-7H2,1H3,(H2,13,15)/b12-8-. The Morgan fingerprint density at radius 2 is 2.27 bits per heavy atom. The molecule has 0 aromatic heterocycles. The van der Waals surface area contributed by atoms with Crippen LogP contribution in [0.15, 0.2) is 35.5 Å². The van der Waals surface area contributed by atoms with Gasteiger partial charge in [0.1, 0.15) is 0 Å². The van der Waals surface area contributed by atoms with Crippen LogP contribution >= 0.6 is 0 Å². The third kappa shape index (κ3) is 2.18. The number of hydrogen-bond acceptors (Lipinski definition) is 2. The van der Waals surface area contributed by atoms with Crippen molar-refractivity contribution in [3.63, 3.8) is 0 Å². The third-order valence-electron chi connectivity index (χ3n) is 2.41. The Kier molecular flexibility index (Phi) is 2.72. The van der Waals surface area contributed by atoms with E-state index in [9.17, 15) is 0 Å². The Morgan fingerprint density at radius 3 is 3.07 bits per heavy atom. The lowest BCUT2D eigenvalue weighted by Gasteiger charge is -2.20. The van der Waals surface area contributed by atoms with Crippen molar-refractivity contribution < 1.29 is 0 Å². The predicted molar refractivity (Wildman–Crippen MR) is 63.4 cm³/mol. The molecule has 0 atom stereocenters. The first kappa shape index (κ1) is 9.77. The van der Waals surface area contributed by atoms with E-state index in [1.807, 2.05) is 6.07 Å². The van der Waals surface area contributed by atoms with Crippen LogP contribution in [0.25, 0.3) is 5.70 Å². The number of amidine groups is 1. The van der Waals surface area contributed by atoms with Crippen molar-refractivity contribution in [2.45, 2.75) is 13.3 Å². The summed E-state index contributed by atoms with van der Waals surface area (Å²) in [5.74, 6) is 0.576. The minimum atomic E-state index is 0.576. The van der Waals surface area contributed by atoms with Crippen molar-refractivity contribution in [1.29, 1.82) is 0 Å². The number of nitrogens with two attached hydrogens (primary N) is 1. The van der Waals surface area contributed by atoms with Crippen molar-refractivity contribution in [2.75, 3.05) is 6.54 Å². The molecule has 78 valence electrons. The lowest BCUT2D eigenvalue weighted by Crippen LogP contribution is -2.22. The fourth-order valence-electron chi connectivity index (χ4n) is 1.71. The molecule has 3 nitrogen and oxygen atoms in total. The van der Waals surface area contributed by atoms with E-state index in [0.29, 0.717) is 5.84 Å². The lowest BCUT2D eigenvalue weighted by molar-refractivity contribution is 0.813. The highest BCUT2D eigenvalue weighted by atomic mass is 14.9. The summed E-state index contributed by atoms with van der Waals surface area (Å²) >= 11 is 0. The normalized spacial score (nSPS) is 18.5. The molecule has 0 aliphatic carbocycles. The Morgan fingerprint density at radius 1 is 1.47 bits per heavy atom. The minimum Gasteiger partial charge on any atom is -0.387 e. The smallest absolute Gasteiger partial charge is 0.0958 e. The molecule has 1 heterocycles. The maximum absolute atomic E-state index is 5.51. The second kappa shape index (κ2) is 4.17. The van der Waals surface area contributed by atoms with Crippen molar-refractivity contribution >= 4 is 11.5 Å². The maximum atomic E-state index is 5.51. The molecule has 3 N–H and O–H groups in total. The Labute approximate surface area is 89.7 Å².